The highest BCUT2D eigenvalue weighted by Gasteiger charge is 2.30. The van der Waals surface area contributed by atoms with E-state index in [1.54, 1.807) is 19.1 Å². The Labute approximate surface area is 197 Å². The summed E-state index contributed by atoms with van der Waals surface area (Å²) in [6, 6.07) is 14.1. The maximum Gasteiger partial charge on any atom is 0.244 e. The number of rotatable bonds is 10. The van der Waals surface area contributed by atoms with Crippen molar-refractivity contribution >= 4 is 27.5 Å². The van der Waals surface area contributed by atoms with Gasteiger partial charge in [0, 0.05) is 12.6 Å². The fraction of sp³-hybridized carbons (Fsp3) is 0.440. The van der Waals surface area contributed by atoms with Gasteiger partial charge in [-0.2, -0.15) is 0 Å². The number of amides is 2. The summed E-state index contributed by atoms with van der Waals surface area (Å²) < 4.78 is 26.3. The van der Waals surface area contributed by atoms with Crippen molar-refractivity contribution in [1.82, 2.24) is 10.2 Å². The Morgan fingerprint density at radius 3 is 2.15 bits per heavy atom. The van der Waals surface area contributed by atoms with Crippen LogP contribution in [0.25, 0.3) is 0 Å². The molecule has 8 heteroatoms. The molecule has 1 N–H and O–H groups in total. The van der Waals surface area contributed by atoms with Gasteiger partial charge < -0.3 is 10.2 Å². The van der Waals surface area contributed by atoms with Crippen molar-refractivity contribution in [1.29, 1.82) is 0 Å². The van der Waals surface area contributed by atoms with Gasteiger partial charge in [-0.25, -0.2) is 8.42 Å². The Hall–Kier alpha value is -2.87. The molecule has 2 rings (SSSR count). The maximum absolute atomic E-state index is 13.4. The van der Waals surface area contributed by atoms with E-state index in [1.807, 2.05) is 64.1 Å². The van der Waals surface area contributed by atoms with Crippen LogP contribution in [0.15, 0.2) is 48.5 Å². The van der Waals surface area contributed by atoms with E-state index in [-0.39, 0.29) is 18.5 Å². The van der Waals surface area contributed by atoms with Crippen molar-refractivity contribution < 1.29 is 18.0 Å². The van der Waals surface area contributed by atoms with E-state index in [9.17, 15) is 18.0 Å². The third-order valence-electron chi connectivity index (χ3n) is 5.54. The molecule has 0 spiro atoms. The fourth-order valence-corrected chi connectivity index (χ4v) is 4.31. The maximum atomic E-state index is 13.4. The summed E-state index contributed by atoms with van der Waals surface area (Å²) in [4.78, 5) is 27.6. The van der Waals surface area contributed by atoms with Gasteiger partial charge in [-0.3, -0.25) is 13.9 Å². The Morgan fingerprint density at radius 2 is 1.61 bits per heavy atom. The lowest BCUT2D eigenvalue weighted by molar-refractivity contribution is -0.139. The van der Waals surface area contributed by atoms with Crippen LogP contribution in [0.2, 0.25) is 0 Å². The number of anilines is 1. The molecule has 2 amide bonds. The summed E-state index contributed by atoms with van der Waals surface area (Å²) in [6.07, 6.45) is 1.63. The number of nitrogens with one attached hydrogen (secondary N) is 1. The second-order valence-corrected chi connectivity index (χ2v) is 10.6. The molecule has 0 heterocycles. The summed E-state index contributed by atoms with van der Waals surface area (Å²) in [5.74, 6) is -0.704. The van der Waals surface area contributed by atoms with Gasteiger partial charge in [0.15, 0.2) is 0 Å². The SMILES string of the molecule is Cc1ccc(N(CC(=O)N(CCc2ccccc2)[C@@H](C)C(=O)NC(C)C)S(C)(=O)=O)cc1C. The van der Waals surface area contributed by atoms with Crippen LogP contribution in [-0.4, -0.2) is 56.6 Å². The van der Waals surface area contributed by atoms with Crippen LogP contribution in [0.1, 0.15) is 37.5 Å². The van der Waals surface area contributed by atoms with E-state index in [0.717, 1.165) is 27.3 Å². The first kappa shape index (κ1) is 26.4. The number of carbonyl (C=O) groups excluding carboxylic acids is 2. The molecular weight excluding hydrogens is 438 g/mol. The summed E-state index contributed by atoms with van der Waals surface area (Å²) >= 11 is 0. The van der Waals surface area contributed by atoms with Gasteiger partial charge in [0.1, 0.15) is 12.6 Å². The number of hydrogen-bond acceptors (Lipinski definition) is 4. The van der Waals surface area contributed by atoms with Gasteiger partial charge in [-0.05, 0) is 69.9 Å². The summed E-state index contributed by atoms with van der Waals surface area (Å²) in [5, 5.41) is 2.84. The summed E-state index contributed by atoms with van der Waals surface area (Å²) in [6.45, 7) is 9.12. The highest BCUT2D eigenvalue weighted by molar-refractivity contribution is 7.92. The van der Waals surface area contributed by atoms with Crippen molar-refractivity contribution in [2.75, 3.05) is 23.7 Å². The third kappa shape index (κ3) is 7.60. The lowest BCUT2D eigenvalue weighted by Gasteiger charge is -2.32. The number of carbonyl (C=O) groups is 2. The highest BCUT2D eigenvalue weighted by atomic mass is 32.2. The van der Waals surface area contributed by atoms with Gasteiger partial charge in [-0.15, -0.1) is 0 Å². The van der Waals surface area contributed by atoms with Crippen molar-refractivity contribution in [2.24, 2.45) is 0 Å². The molecule has 2 aromatic rings. The normalized spacial score (nSPS) is 12.3. The topological polar surface area (TPSA) is 86.8 Å². The van der Waals surface area contributed by atoms with E-state index in [2.05, 4.69) is 5.32 Å². The zero-order valence-electron chi connectivity index (χ0n) is 20.3. The minimum Gasteiger partial charge on any atom is -0.352 e. The predicted molar refractivity (Wildman–Crippen MR) is 133 cm³/mol. The average molecular weight is 474 g/mol. The molecule has 0 aliphatic carbocycles. The van der Waals surface area contributed by atoms with Crippen LogP contribution in [0.5, 0.6) is 0 Å². The number of nitrogens with zero attached hydrogens (tertiary/aromatic N) is 2. The van der Waals surface area contributed by atoms with Crippen molar-refractivity contribution in [3.05, 3.63) is 65.2 Å². The third-order valence-corrected chi connectivity index (χ3v) is 6.68. The number of hydrogen-bond donors (Lipinski definition) is 1. The molecule has 0 saturated carbocycles. The van der Waals surface area contributed by atoms with Gasteiger partial charge in [-0.1, -0.05) is 36.4 Å². The molecule has 33 heavy (non-hydrogen) atoms. The van der Waals surface area contributed by atoms with E-state index < -0.39 is 22.0 Å². The Bertz CT molecular complexity index is 1070. The minimum atomic E-state index is -3.72. The molecule has 0 saturated heterocycles. The largest absolute Gasteiger partial charge is 0.352 e. The molecule has 180 valence electrons. The van der Waals surface area contributed by atoms with E-state index in [1.165, 1.54) is 4.90 Å². The Morgan fingerprint density at radius 1 is 0.970 bits per heavy atom. The average Bonchev–Trinajstić information content (AvgIpc) is 2.73. The van der Waals surface area contributed by atoms with Crippen molar-refractivity contribution in [2.45, 2.75) is 53.1 Å². The number of sulfonamides is 1. The lowest BCUT2D eigenvalue weighted by atomic mass is 10.1. The molecule has 7 nitrogen and oxygen atoms in total. The molecule has 0 unspecified atom stereocenters. The van der Waals surface area contributed by atoms with Crippen LogP contribution >= 0.6 is 0 Å². The second-order valence-electron chi connectivity index (χ2n) is 8.70. The molecule has 0 aliphatic rings. The monoisotopic (exact) mass is 473 g/mol. The molecule has 0 aromatic heterocycles. The molecule has 0 aliphatic heterocycles. The van der Waals surface area contributed by atoms with E-state index >= 15 is 0 Å². The van der Waals surface area contributed by atoms with Gasteiger partial charge in [0.25, 0.3) is 0 Å². The molecule has 0 fully saturated rings. The smallest absolute Gasteiger partial charge is 0.244 e. The fourth-order valence-electron chi connectivity index (χ4n) is 3.47. The van der Waals surface area contributed by atoms with Crippen LogP contribution < -0.4 is 9.62 Å². The van der Waals surface area contributed by atoms with Crippen molar-refractivity contribution in [3.8, 4) is 0 Å². The zero-order valence-corrected chi connectivity index (χ0v) is 21.1. The predicted octanol–water partition coefficient (Wildman–Crippen LogP) is 3.05. The Balaban J connectivity index is 2.33. The van der Waals surface area contributed by atoms with Crippen LogP contribution in [0.3, 0.4) is 0 Å². The summed E-state index contributed by atoms with van der Waals surface area (Å²) in [5.41, 5.74) is 3.42. The van der Waals surface area contributed by atoms with Crippen molar-refractivity contribution in [3.63, 3.8) is 0 Å². The quantitative estimate of drug-likeness (QED) is 0.575. The van der Waals surface area contributed by atoms with Crippen LogP contribution in [-0.2, 0) is 26.0 Å². The molecule has 1 atom stereocenters. The summed E-state index contributed by atoms with van der Waals surface area (Å²) in [7, 11) is -3.72. The van der Waals surface area contributed by atoms with Gasteiger partial charge >= 0.3 is 0 Å². The highest BCUT2D eigenvalue weighted by Crippen LogP contribution is 2.22. The standard InChI is InChI=1S/C25H35N3O4S/c1-18(2)26-25(30)21(5)27(15-14-22-10-8-7-9-11-22)24(29)17-28(33(6,31)32)23-13-12-19(3)20(4)16-23/h7-13,16,18,21H,14-15,17H2,1-6H3,(H,26,30)/t21-/m0/s1. The first-order valence-electron chi connectivity index (χ1n) is 11.1. The molecular formula is C25H35N3O4S. The Kier molecular flexibility index (Phi) is 9.05. The zero-order chi connectivity index (χ0) is 24.8. The number of benzene rings is 2. The molecule has 0 radical (unpaired) electrons. The lowest BCUT2D eigenvalue weighted by Crippen LogP contribution is -2.53. The van der Waals surface area contributed by atoms with Crippen LogP contribution in [0, 0.1) is 13.8 Å². The molecule has 2 aromatic carbocycles. The number of aryl methyl sites for hydroxylation is 2. The first-order valence-corrected chi connectivity index (χ1v) is 12.9. The second kappa shape index (κ2) is 11.3. The van der Waals surface area contributed by atoms with Gasteiger partial charge in [0.05, 0.1) is 11.9 Å². The van der Waals surface area contributed by atoms with Crippen LogP contribution in [0.4, 0.5) is 5.69 Å². The first-order chi connectivity index (χ1) is 15.4. The van der Waals surface area contributed by atoms with Gasteiger partial charge in [0.2, 0.25) is 21.8 Å². The van der Waals surface area contributed by atoms with E-state index in [0.29, 0.717) is 18.7 Å². The molecule has 0 bridgehead atoms. The minimum absolute atomic E-state index is 0.0749. The van der Waals surface area contributed by atoms with E-state index in [4.69, 9.17) is 0 Å².